The van der Waals surface area contributed by atoms with E-state index in [1.54, 1.807) is 0 Å². The molecule has 1 aliphatic rings. The SMILES string of the molecule is Cc1c2ccccc2c(-c2ccccc2)c(-c2ccccc2)[n+]1C1CCCCC1.[I-]. The van der Waals surface area contributed by atoms with Gasteiger partial charge in [0.25, 0.3) is 0 Å². The molecule has 30 heavy (non-hydrogen) atoms. The normalized spacial score (nSPS) is 14.4. The van der Waals surface area contributed by atoms with Crippen LogP contribution in [0.3, 0.4) is 0 Å². The summed E-state index contributed by atoms with van der Waals surface area (Å²) in [5, 5.41) is 2.72. The molecule has 4 aromatic rings. The van der Waals surface area contributed by atoms with E-state index in [4.69, 9.17) is 0 Å². The molecule has 0 radical (unpaired) electrons. The predicted octanol–water partition coefficient (Wildman–Crippen LogP) is 4.28. The molecule has 5 rings (SSSR count). The van der Waals surface area contributed by atoms with Crippen molar-refractivity contribution in [2.24, 2.45) is 0 Å². The van der Waals surface area contributed by atoms with Gasteiger partial charge in [0.2, 0.25) is 5.69 Å². The first kappa shape index (κ1) is 21.0. The van der Waals surface area contributed by atoms with E-state index < -0.39 is 0 Å². The maximum atomic E-state index is 2.68. The van der Waals surface area contributed by atoms with Crippen LogP contribution >= 0.6 is 0 Å². The number of hydrogen-bond acceptors (Lipinski definition) is 0. The van der Waals surface area contributed by atoms with Crippen LogP contribution in [-0.4, -0.2) is 0 Å². The first-order valence-corrected chi connectivity index (χ1v) is 10.9. The highest BCUT2D eigenvalue weighted by Crippen LogP contribution is 2.39. The number of fused-ring (bicyclic) bond motifs is 1. The van der Waals surface area contributed by atoms with Crippen LogP contribution in [0.2, 0.25) is 0 Å². The summed E-state index contributed by atoms with van der Waals surface area (Å²) in [5.74, 6) is 0. The first-order chi connectivity index (χ1) is 14.3. The van der Waals surface area contributed by atoms with Gasteiger partial charge >= 0.3 is 0 Å². The summed E-state index contributed by atoms with van der Waals surface area (Å²) >= 11 is 0. The van der Waals surface area contributed by atoms with Gasteiger partial charge < -0.3 is 24.0 Å². The van der Waals surface area contributed by atoms with Crippen molar-refractivity contribution in [3.05, 3.63) is 90.6 Å². The van der Waals surface area contributed by atoms with Crippen molar-refractivity contribution < 1.29 is 28.5 Å². The van der Waals surface area contributed by atoms with Crippen molar-refractivity contribution in [3.63, 3.8) is 0 Å². The van der Waals surface area contributed by atoms with Crippen LogP contribution in [0.25, 0.3) is 33.2 Å². The highest BCUT2D eigenvalue weighted by Gasteiger charge is 2.32. The van der Waals surface area contributed by atoms with Crippen LogP contribution in [0.1, 0.15) is 43.8 Å². The summed E-state index contributed by atoms with van der Waals surface area (Å²) in [4.78, 5) is 0. The molecule has 152 valence electrons. The highest BCUT2D eigenvalue weighted by atomic mass is 127. The summed E-state index contributed by atoms with van der Waals surface area (Å²) in [6, 6.07) is 31.5. The van der Waals surface area contributed by atoms with E-state index in [1.807, 2.05) is 0 Å². The van der Waals surface area contributed by atoms with Crippen molar-refractivity contribution >= 4 is 10.8 Å². The van der Waals surface area contributed by atoms with E-state index >= 15 is 0 Å². The maximum Gasteiger partial charge on any atom is 0.221 e. The molecular formula is C28H28IN. The average molecular weight is 505 g/mol. The van der Waals surface area contributed by atoms with Crippen LogP contribution in [0.4, 0.5) is 0 Å². The molecule has 0 amide bonds. The average Bonchev–Trinajstić information content (AvgIpc) is 2.81. The number of aryl methyl sites for hydroxylation is 1. The van der Waals surface area contributed by atoms with Gasteiger partial charge in [0.1, 0.15) is 0 Å². The molecular weight excluding hydrogens is 477 g/mol. The molecule has 0 N–H and O–H groups in total. The minimum Gasteiger partial charge on any atom is -1.00 e. The smallest absolute Gasteiger partial charge is 0.221 e. The fourth-order valence-corrected chi connectivity index (χ4v) is 5.13. The van der Waals surface area contributed by atoms with Gasteiger partial charge in [-0.05, 0) is 36.6 Å². The van der Waals surface area contributed by atoms with E-state index in [-0.39, 0.29) is 24.0 Å². The zero-order chi connectivity index (χ0) is 19.6. The van der Waals surface area contributed by atoms with E-state index in [9.17, 15) is 0 Å². The number of rotatable bonds is 3. The Morgan fingerprint density at radius 2 is 1.17 bits per heavy atom. The second kappa shape index (κ2) is 9.30. The van der Waals surface area contributed by atoms with Crippen molar-refractivity contribution in [2.45, 2.75) is 45.1 Å². The molecule has 3 aromatic carbocycles. The quantitative estimate of drug-likeness (QED) is 0.289. The van der Waals surface area contributed by atoms with E-state index in [1.165, 1.54) is 71.0 Å². The van der Waals surface area contributed by atoms with E-state index in [2.05, 4.69) is 96.4 Å². The van der Waals surface area contributed by atoms with Gasteiger partial charge in [-0.3, -0.25) is 0 Å². The van der Waals surface area contributed by atoms with Crippen molar-refractivity contribution in [1.29, 1.82) is 0 Å². The lowest BCUT2D eigenvalue weighted by molar-refractivity contribution is -0.719. The minimum atomic E-state index is 0. The lowest BCUT2D eigenvalue weighted by Crippen LogP contribution is -3.00. The highest BCUT2D eigenvalue weighted by molar-refractivity contribution is 6.02. The zero-order valence-corrected chi connectivity index (χ0v) is 19.7. The summed E-state index contributed by atoms with van der Waals surface area (Å²) in [5.41, 5.74) is 6.74. The summed E-state index contributed by atoms with van der Waals surface area (Å²) in [6.45, 7) is 2.32. The first-order valence-electron chi connectivity index (χ1n) is 10.9. The molecule has 0 unspecified atom stereocenters. The third-order valence-corrected chi connectivity index (χ3v) is 6.47. The third kappa shape index (κ3) is 3.78. The fourth-order valence-electron chi connectivity index (χ4n) is 5.13. The molecule has 1 aliphatic carbocycles. The van der Waals surface area contributed by atoms with Crippen LogP contribution in [0.15, 0.2) is 84.9 Å². The molecule has 0 bridgehead atoms. The van der Waals surface area contributed by atoms with Gasteiger partial charge in [-0.15, -0.1) is 0 Å². The zero-order valence-electron chi connectivity index (χ0n) is 17.5. The molecule has 0 aliphatic heterocycles. The molecule has 2 heteroatoms. The molecule has 1 heterocycles. The second-order valence-electron chi connectivity index (χ2n) is 8.25. The number of aromatic nitrogens is 1. The van der Waals surface area contributed by atoms with Crippen molar-refractivity contribution in [2.75, 3.05) is 0 Å². The Hall–Kier alpha value is -2.20. The van der Waals surface area contributed by atoms with Gasteiger partial charge in [0.15, 0.2) is 11.7 Å². The molecule has 0 spiro atoms. The molecule has 1 saturated carbocycles. The van der Waals surface area contributed by atoms with Crippen LogP contribution in [0.5, 0.6) is 0 Å². The van der Waals surface area contributed by atoms with Gasteiger partial charge in [-0.2, -0.15) is 4.57 Å². The Morgan fingerprint density at radius 3 is 1.80 bits per heavy atom. The van der Waals surface area contributed by atoms with Gasteiger partial charge in [-0.25, -0.2) is 0 Å². The monoisotopic (exact) mass is 505 g/mol. The largest absolute Gasteiger partial charge is 1.00 e. The Morgan fingerprint density at radius 1 is 0.633 bits per heavy atom. The number of hydrogen-bond donors (Lipinski definition) is 0. The molecule has 0 saturated heterocycles. The Kier molecular flexibility index (Phi) is 6.52. The third-order valence-electron chi connectivity index (χ3n) is 6.47. The van der Waals surface area contributed by atoms with Gasteiger partial charge in [0, 0.05) is 36.1 Å². The fraction of sp³-hybridized carbons (Fsp3) is 0.250. The summed E-state index contributed by atoms with van der Waals surface area (Å²) < 4.78 is 2.68. The number of nitrogens with zero attached hydrogens (tertiary/aromatic N) is 1. The summed E-state index contributed by atoms with van der Waals surface area (Å²) in [7, 11) is 0. The molecule has 1 fully saturated rings. The number of halogens is 1. The lowest BCUT2D eigenvalue weighted by Gasteiger charge is -2.24. The molecule has 1 aromatic heterocycles. The van der Waals surface area contributed by atoms with E-state index in [0.717, 1.165) is 0 Å². The van der Waals surface area contributed by atoms with Crippen LogP contribution < -0.4 is 28.5 Å². The Balaban J connectivity index is 0.00000218. The van der Waals surface area contributed by atoms with E-state index in [0.29, 0.717) is 6.04 Å². The summed E-state index contributed by atoms with van der Waals surface area (Å²) in [6.07, 6.45) is 6.59. The topological polar surface area (TPSA) is 3.88 Å². The molecule has 0 atom stereocenters. The second-order valence-corrected chi connectivity index (χ2v) is 8.25. The van der Waals surface area contributed by atoms with Crippen LogP contribution in [-0.2, 0) is 0 Å². The van der Waals surface area contributed by atoms with Crippen molar-refractivity contribution in [3.8, 4) is 22.4 Å². The Bertz CT molecular complexity index is 1130. The predicted molar refractivity (Wildman–Crippen MR) is 122 cm³/mol. The maximum absolute atomic E-state index is 2.68. The van der Waals surface area contributed by atoms with Crippen LogP contribution in [0, 0.1) is 6.92 Å². The van der Waals surface area contributed by atoms with Gasteiger partial charge in [-0.1, -0.05) is 73.2 Å². The van der Waals surface area contributed by atoms with Crippen molar-refractivity contribution in [1.82, 2.24) is 0 Å². The number of pyridine rings is 1. The minimum absolute atomic E-state index is 0. The molecule has 1 nitrogen and oxygen atoms in total. The van der Waals surface area contributed by atoms with Gasteiger partial charge in [0.05, 0.1) is 5.56 Å². The standard InChI is InChI=1S/C28H28N.HI/c1-21-25-19-11-12-20-26(25)27(22-13-5-2-6-14-22)28(23-15-7-3-8-16-23)29(21)24-17-9-4-10-18-24;/h2-3,5-8,11-16,19-20,24H,4,9-10,17-18H2,1H3;1H/q+1;/p-1. The lowest BCUT2D eigenvalue weighted by atomic mass is 9.89. The Labute approximate surface area is 196 Å². The number of benzene rings is 3.